The van der Waals surface area contributed by atoms with Crippen LogP contribution in [-0.4, -0.2) is 17.4 Å². The number of halogens is 4. The molecule has 0 radical (unpaired) electrons. The fourth-order valence-corrected chi connectivity index (χ4v) is 1.97. The van der Waals surface area contributed by atoms with E-state index in [0.717, 1.165) is 6.07 Å². The van der Waals surface area contributed by atoms with Gasteiger partial charge in [-0.1, -0.05) is 35.9 Å². The highest BCUT2D eigenvalue weighted by Gasteiger charge is 2.32. The van der Waals surface area contributed by atoms with E-state index >= 15 is 0 Å². The van der Waals surface area contributed by atoms with Crippen molar-refractivity contribution < 1.29 is 27.8 Å². The van der Waals surface area contributed by atoms with Gasteiger partial charge in [-0.25, -0.2) is 4.79 Å². The zero-order valence-electron chi connectivity index (χ0n) is 10.3. The van der Waals surface area contributed by atoms with E-state index in [-0.39, 0.29) is 21.7 Å². The lowest BCUT2D eigenvalue weighted by atomic mass is 10.0. The van der Waals surface area contributed by atoms with Gasteiger partial charge in [0, 0.05) is 5.56 Å². The van der Waals surface area contributed by atoms with Crippen molar-refractivity contribution in [3.8, 4) is 16.9 Å². The average molecular weight is 317 g/mol. The predicted octanol–water partition coefficient (Wildman–Crippen LogP) is 4.60. The van der Waals surface area contributed by atoms with Gasteiger partial charge in [0.05, 0.1) is 10.6 Å². The van der Waals surface area contributed by atoms with E-state index in [1.807, 2.05) is 0 Å². The number of benzene rings is 2. The number of carbonyl (C=O) groups is 1. The Morgan fingerprint density at radius 2 is 1.81 bits per heavy atom. The second kappa shape index (κ2) is 5.65. The van der Waals surface area contributed by atoms with E-state index in [2.05, 4.69) is 4.74 Å². The van der Waals surface area contributed by atoms with Gasteiger partial charge >= 0.3 is 12.3 Å². The van der Waals surface area contributed by atoms with Crippen LogP contribution in [0.25, 0.3) is 11.1 Å². The van der Waals surface area contributed by atoms with E-state index in [0.29, 0.717) is 0 Å². The summed E-state index contributed by atoms with van der Waals surface area (Å²) in [6, 6.07) is 9.39. The highest BCUT2D eigenvalue weighted by Crippen LogP contribution is 2.35. The zero-order chi connectivity index (χ0) is 15.6. The molecule has 0 aromatic heterocycles. The summed E-state index contributed by atoms with van der Waals surface area (Å²) in [7, 11) is 0. The van der Waals surface area contributed by atoms with Crippen LogP contribution in [0.1, 0.15) is 10.4 Å². The Labute approximate surface area is 122 Å². The normalized spacial score (nSPS) is 11.2. The molecule has 0 fully saturated rings. The molecule has 0 atom stereocenters. The molecular formula is C14H8ClF3O3. The second-order valence-corrected chi connectivity index (χ2v) is 4.45. The van der Waals surface area contributed by atoms with Gasteiger partial charge in [0.1, 0.15) is 5.75 Å². The van der Waals surface area contributed by atoms with Crippen LogP contribution in [0.4, 0.5) is 13.2 Å². The molecule has 0 unspecified atom stereocenters. The van der Waals surface area contributed by atoms with E-state index in [9.17, 15) is 18.0 Å². The van der Waals surface area contributed by atoms with Crippen molar-refractivity contribution in [2.45, 2.75) is 6.36 Å². The number of hydrogen-bond acceptors (Lipinski definition) is 2. The number of rotatable bonds is 3. The lowest BCUT2D eigenvalue weighted by molar-refractivity contribution is -0.274. The summed E-state index contributed by atoms with van der Waals surface area (Å²) in [4.78, 5) is 11.0. The first-order chi connectivity index (χ1) is 9.78. The number of carboxylic acids is 1. The molecule has 0 aliphatic heterocycles. The van der Waals surface area contributed by atoms with Crippen LogP contribution in [0.2, 0.25) is 5.02 Å². The monoisotopic (exact) mass is 316 g/mol. The average Bonchev–Trinajstić information content (AvgIpc) is 2.38. The number of para-hydroxylation sites is 1. The summed E-state index contributed by atoms with van der Waals surface area (Å²) in [5, 5.41) is 9.00. The standard InChI is InChI=1S/C14H8ClF3O3/c15-11-6-5-8(7-10(11)13(19)20)9-3-1-2-4-12(9)21-14(16,17)18/h1-7H,(H,19,20). The predicted molar refractivity (Wildman–Crippen MR) is 70.5 cm³/mol. The third-order valence-electron chi connectivity index (χ3n) is 2.62. The first-order valence-electron chi connectivity index (χ1n) is 5.66. The summed E-state index contributed by atoms with van der Waals surface area (Å²) in [5.74, 6) is -1.68. The van der Waals surface area contributed by atoms with Crippen molar-refractivity contribution in [1.82, 2.24) is 0 Å². The SMILES string of the molecule is O=C(O)c1cc(-c2ccccc2OC(F)(F)F)ccc1Cl. The molecule has 2 rings (SSSR count). The van der Waals surface area contributed by atoms with Crippen molar-refractivity contribution in [2.75, 3.05) is 0 Å². The Balaban J connectivity index is 2.52. The Bertz CT molecular complexity index is 683. The Morgan fingerprint density at radius 3 is 2.43 bits per heavy atom. The van der Waals surface area contributed by atoms with Gasteiger partial charge in [-0.2, -0.15) is 0 Å². The quantitative estimate of drug-likeness (QED) is 0.900. The first-order valence-corrected chi connectivity index (χ1v) is 6.04. The molecule has 0 spiro atoms. The molecule has 2 aromatic rings. The zero-order valence-corrected chi connectivity index (χ0v) is 11.1. The van der Waals surface area contributed by atoms with Crippen molar-refractivity contribution in [3.63, 3.8) is 0 Å². The highest BCUT2D eigenvalue weighted by molar-refractivity contribution is 6.33. The number of alkyl halides is 3. The molecule has 7 heteroatoms. The summed E-state index contributed by atoms with van der Waals surface area (Å²) in [5.41, 5.74) is 0.182. The fraction of sp³-hybridized carbons (Fsp3) is 0.0714. The van der Waals surface area contributed by atoms with E-state index < -0.39 is 18.1 Å². The lowest BCUT2D eigenvalue weighted by Crippen LogP contribution is -2.17. The molecular weight excluding hydrogens is 309 g/mol. The minimum absolute atomic E-state index is 0.000436. The molecule has 0 aliphatic carbocycles. The third-order valence-corrected chi connectivity index (χ3v) is 2.95. The van der Waals surface area contributed by atoms with Crippen LogP contribution in [0.5, 0.6) is 5.75 Å². The van der Waals surface area contributed by atoms with Crippen LogP contribution in [0.15, 0.2) is 42.5 Å². The fourth-order valence-electron chi connectivity index (χ4n) is 1.78. The Kier molecular flexibility index (Phi) is 4.09. The molecule has 0 amide bonds. The van der Waals surface area contributed by atoms with E-state index in [1.165, 1.54) is 36.4 Å². The maximum atomic E-state index is 12.4. The third kappa shape index (κ3) is 3.66. The molecule has 2 aromatic carbocycles. The first kappa shape index (κ1) is 15.2. The van der Waals surface area contributed by atoms with Crippen molar-refractivity contribution in [3.05, 3.63) is 53.1 Å². The van der Waals surface area contributed by atoms with Gasteiger partial charge < -0.3 is 9.84 Å². The van der Waals surface area contributed by atoms with Crippen LogP contribution >= 0.6 is 11.6 Å². The summed E-state index contributed by atoms with van der Waals surface area (Å²) >= 11 is 5.73. The molecule has 1 N–H and O–H groups in total. The van der Waals surface area contributed by atoms with E-state index in [1.54, 1.807) is 0 Å². The maximum absolute atomic E-state index is 12.4. The molecule has 0 bridgehead atoms. The van der Waals surface area contributed by atoms with Gasteiger partial charge in [0.25, 0.3) is 0 Å². The van der Waals surface area contributed by atoms with Crippen LogP contribution in [0, 0.1) is 0 Å². The largest absolute Gasteiger partial charge is 0.573 e. The highest BCUT2D eigenvalue weighted by atomic mass is 35.5. The smallest absolute Gasteiger partial charge is 0.478 e. The molecule has 21 heavy (non-hydrogen) atoms. The van der Waals surface area contributed by atoms with Crippen molar-refractivity contribution in [2.24, 2.45) is 0 Å². The topological polar surface area (TPSA) is 46.5 Å². The number of ether oxygens (including phenoxy) is 1. The minimum Gasteiger partial charge on any atom is -0.478 e. The van der Waals surface area contributed by atoms with Gasteiger partial charge in [-0.15, -0.1) is 13.2 Å². The summed E-state index contributed by atoms with van der Waals surface area (Å²) in [6.45, 7) is 0. The van der Waals surface area contributed by atoms with Gasteiger partial charge in [-0.05, 0) is 23.8 Å². The molecule has 0 saturated carbocycles. The molecule has 110 valence electrons. The Morgan fingerprint density at radius 1 is 1.14 bits per heavy atom. The van der Waals surface area contributed by atoms with Crippen molar-refractivity contribution >= 4 is 17.6 Å². The molecule has 0 heterocycles. The van der Waals surface area contributed by atoms with E-state index in [4.69, 9.17) is 16.7 Å². The molecule has 0 aliphatic rings. The second-order valence-electron chi connectivity index (χ2n) is 4.04. The summed E-state index contributed by atoms with van der Waals surface area (Å²) < 4.78 is 41.1. The van der Waals surface area contributed by atoms with Gasteiger partial charge in [-0.3, -0.25) is 0 Å². The molecule has 0 saturated heterocycles. The Hall–Kier alpha value is -2.21. The van der Waals surface area contributed by atoms with Crippen LogP contribution in [0.3, 0.4) is 0 Å². The van der Waals surface area contributed by atoms with Gasteiger partial charge in [0.15, 0.2) is 0 Å². The van der Waals surface area contributed by atoms with Crippen molar-refractivity contribution in [1.29, 1.82) is 0 Å². The van der Waals surface area contributed by atoms with Crippen LogP contribution in [-0.2, 0) is 0 Å². The minimum atomic E-state index is -4.84. The maximum Gasteiger partial charge on any atom is 0.573 e. The number of carboxylic acid groups (broad SMARTS) is 1. The lowest BCUT2D eigenvalue weighted by Gasteiger charge is -2.13. The summed E-state index contributed by atoms with van der Waals surface area (Å²) in [6.07, 6.45) is -4.84. The molecule has 3 nitrogen and oxygen atoms in total. The number of aromatic carboxylic acids is 1. The number of hydrogen-bond donors (Lipinski definition) is 1. The van der Waals surface area contributed by atoms with Crippen LogP contribution < -0.4 is 4.74 Å². The van der Waals surface area contributed by atoms with Gasteiger partial charge in [0.2, 0.25) is 0 Å².